The van der Waals surface area contributed by atoms with Crippen LogP contribution < -0.4 is 5.32 Å². The second-order valence-corrected chi connectivity index (χ2v) is 10.2. The van der Waals surface area contributed by atoms with Gasteiger partial charge in [0.15, 0.2) is 0 Å². The molecule has 0 spiro atoms. The van der Waals surface area contributed by atoms with Crippen LogP contribution in [0.25, 0.3) is 17.0 Å². The number of thioether (sulfide) groups is 1. The fourth-order valence-electron chi connectivity index (χ4n) is 4.02. The van der Waals surface area contributed by atoms with Gasteiger partial charge >= 0.3 is 0 Å². The second-order valence-electron chi connectivity index (χ2n) is 8.33. The normalized spacial score (nSPS) is 17.4. The van der Waals surface area contributed by atoms with Gasteiger partial charge in [0.25, 0.3) is 11.1 Å². The summed E-state index contributed by atoms with van der Waals surface area (Å²) >= 11 is 4.29. The van der Waals surface area contributed by atoms with Crippen molar-refractivity contribution < 1.29 is 28.7 Å². The number of nitrogens with zero attached hydrogens (tertiary/aromatic N) is 3. The number of methoxy groups -OCH3 is 1. The predicted molar refractivity (Wildman–Crippen MR) is 139 cm³/mol. The minimum atomic E-state index is -0.501. The van der Waals surface area contributed by atoms with Crippen LogP contribution in [0.5, 0.6) is 0 Å². The van der Waals surface area contributed by atoms with Crippen LogP contribution in [0.2, 0.25) is 0 Å². The molecule has 1 aromatic heterocycles. The summed E-state index contributed by atoms with van der Waals surface area (Å²) in [6.07, 6.45) is 4.15. The molecule has 3 heterocycles. The lowest BCUT2D eigenvalue weighted by Crippen LogP contribution is -2.46. The molecule has 36 heavy (non-hydrogen) atoms. The molecule has 0 radical (unpaired) electrons. The molecule has 2 aliphatic rings. The number of imide groups is 1. The quantitative estimate of drug-likeness (QED) is 0.359. The Morgan fingerprint density at radius 3 is 2.75 bits per heavy atom. The van der Waals surface area contributed by atoms with Crippen LogP contribution in [0.3, 0.4) is 0 Å². The number of rotatable bonds is 9. The van der Waals surface area contributed by atoms with Gasteiger partial charge in [0.1, 0.15) is 13.1 Å². The van der Waals surface area contributed by atoms with E-state index in [2.05, 4.69) is 21.2 Å². The van der Waals surface area contributed by atoms with E-state index in [1.807, 2.05) is 22.8 Å². The number of hydrogen-bond acceptors (Lipinski definition) is 7. The Balaban J connectivity index is 1.52. The van der Waals surface area contributed by atoms with Gasteiger partial charge in [-0.2, -0.15) is 0 Å². The van der Waals surface area contributed by atoms with Gasteiger partial charge in [-0.3, -0.25) is 24.1 Å². The maximum atomic E-state index is 13.0. The van der Waals surface area contributed by atoms with E-state index in [-0.39, 0.29) is 29.8 Å². The van der Waals surface area contributed by atoms with Gasteiger partial charge < -0.3 is 24.3 Å². The first-order valence-corrected chi connectivity index (χ1v) is 13.1. The molecule has 0 unspecified atom stereocenters. The monoisotopic (exact) mass is 578 g/mol. The number of amides is 4. The first-order valence-electron chi connectivity index (χ1n) is 11.5. The van der Waals surface area contributed by atoms with E-state index < -0.39 is 11.1 Å². The number of nitrogens with one attached hydrogen (secondary N) is 1. The Kier molecular flexibility index (Phi) is 8.83. The highest BCUT2D eigenvalue weighted by Crippen LogP contribution is 2.34. The summed E-state index contributed by atoms with van der Waals surface area (Å²) in [4.78, 5) is 53.5. The van der Waals surface area contributed by atoms with Crippen LogP contribution in [0.15, 0.2) is 33.8 Å². The minimum absolute atomic E-state index is 0.106. The Hall–Kier alpha value is -2.67. The Labute approximate surface area is 221 Å². The smallest absolute Gasteiger partial charge is 0.294 e. The largest absolute Gasteiger partial charge is 0.385 e. The molecule has 1 N–H and O–H groups in total. The zero-order valence-corrected chi connectivity index (χ0v) is 22.2. The molecule has 2 fully saturated rings. The van der Waals surface area contributed by atoms with Crippen molar-refractivity contribution in [2.45, 2.75) is 13.0 Å². The van der Waals surface area contributed by atoms with Crippen LogP contribution in [-0.2, 0) is 30.4 Å². The van der Waals surface area contributed by atoms with Crippen LogP contribution in [-0.4, -0.2) is 90.4 Å². The Morgan fingerprint density at radius 1 is 1.22 bits per heavy atom. The van der Waals surface area contributed by atoms with Crippen molar-refractivity contribution in [1.29, 1.82) is 0 Å². The molecule has 2 saturated heterocycles. The number of ether oxygens (including phenoxy) is 2. The number of carbonyl (C=O) groups is 4. The maximum Gasteiger partial charge on any atom is 0.294 e. The van der Waals surface area contributed by atoms with E-state index in [1.54, 1.807) is 24.3 Å². The molecule has 4 amide bonds. The van der Waals surface area contributed by atoms with Gasteiger partial charge in [-0.25, -0.2) is 0 Å². The van der Waals surface area contributed by atoms with Crippen molar-refractivity contribution >= 4 is 67.6 Å². The van der Waals surface area contributed by atoms with Gasteiger partial charge in [0, 0.05) is 60.5 Å². The van der Waals surface area contributed by atoms with Gasteiger partial charge in [-0.1, -0.05) is 15.9 Å². The Morgan fingerprint density at radius 2 is 2.00 bits per heavy atom. The summed E-state index contributed by atoms with van der Waals surface area (Å²) < 4.78 is 12.9. The highest BCUT2D eigenvalue weighted by Gasteiger charge is 2.37. The van der Waals surface area contributed by atoms with Crippen LogP contribution >= 0.6 is 27.7 Å². The number of aromatic nitrogens is 1. The maximum absolute atomic E-state index is 13.0. The van der Waals surface area contributed by atoms with Crippen molar-refractivity contribution in [3.05, 3.63) is 39.3 Å². The van der Waals surface area contributed by atoms with E-state index >= 15 is 0 Å². The van der Waals surface area contributed by atoms with Crippen LogP contribution in [0.4, 0.5) is 4.79 Å². The summed E-state index contributed by atoms with van der Waals surface area (Å²) in [6, 6.07) is 5.67. The number of morpholine rings is 1. The molecular weight excluding hydrogens is 552 g/mol. The van der Waals surface area contributed by atoms with Crippen LogP contribution in [0.1, 0.15) is 12.0 Å². The van der Waals surface area contributed by atoms with Crippen LogP contribution in [0, 0.1) is 0 Å². The molecule has 0 saturated carbocycles. The van der Waals surface area contributed by atoms with Crippen molar-refractivity contribution in [2.75, 3.05) is 53.1 Å². The highest BCUT2D eigenvalue weighted by molar-refractivity contribution is 9.10. The number of carbonyl (C=O) groups excluding carboxylic acids is 4. The standard InChI is InChI=1S/C24H27BrN4O6S/c1-34-8-2-5-26-21(30)14-28-13-16(18-12-17(25)3-4-19(18)28)11-20-23(32)29(24(33)36-20)15-22(31)27-6-9-35-10-7-27/h3-4,11-13H,2,5-10,14-15H2,1H3,(H,26,30)/b20-11-. The SMILES string of the molecule is COCCCNC(=O)Cn1cc(/C=C2\SC(=O)N(CC(=O)N3CCOCC3)C2=O)c2cc(Br)ccc21. The third kappa shape index (κ3) is 6.17. The highest BCUT2D eigenvalue weighted by atomic mass is 79.9. The summed E-state index contributed by atoms with van der Waals surface area (Å²) in [5, 5.41) is 3.22. The lowest BCUT2D eigenvalue weighted by molar-refractivity contribution is -0.139. The Bertz CT molecular complexity index is 1210. The molecule has 192 valence electrons. The van der Waals surface area contributed by atoms with E-state index in [0.29, 0.717) is 45.0 Å². The lowest BCUT2D eigenvalue weighted by Gasteiger charge is -2.28. The first-order chi connectivity index (χ1) is 17.4. The topological polar surface area (TPSA) is 110 Å². The fourth-order valence-corrected chi connectivity index (χ4v) is 5.21. The summed E-state index contributed by atoms with van der Waals surface area (Å²) in [5.41, 5.74) is 1.52. The molecular formula is C24H27BrN4O6S. The average Bonchev–Trinajstić information content (AvgIpc) is 3.33. The molecule has 2 aliphatic heterocycles. The molecule has 12 heteroatoms. The molecule has 0 aliphatic carbocycles. The number of fused-ring (bicyclic) bond motifs is 1. The molecule has 0 bridgehead atoms. The number of hydrogen-bond donors (Lipinski definition) is 1. The number of halogens is 1. The van der Waals surface area contributed by atoms with Crippen molar-refractivity contribution in [2.24, 2.45) is 0 Å². The minimum Gasteiger partial charge on any atom is -0.385 e. The second kappa shape index (κ2) is 12.0. The van der Waals surface area contributed by atoms with E-state index in [1.165, 1.54) is 0 Å². The molecule has 1 aromatic carbocycles. The number of benzene rings is 1. The summed E-state index contributed by atoms with van der Waals surface area (Å²) in [7, 11) is 1.62. The van der Waals surface area contributed by atoms with Crippen molar-refractivity contribution in [3.63, 3.8) is 0 Å². The van der Waals surface area contributed by atoms with E-state index in [9.17, 15) is 19.2 Å². The van der Waals surface area contributed by atoms with Gasteiger partial charge in [0.2, 0.25) is 11.8 Å². The molecule has 2 aromatic rings. The lowest BCUT2D eigenvalue weighted by atomic mass is 10.1. The third-order valence-electron chi connectivity index (χ3n) is 5.85. The van der Waals surface area contributed by atoms with E-state index in [4.69, 9.17) is 9.47 Å². The first kappa shape index (κ1) is 26.4. The average molecular weight is 579 g/mol. The zero-order chi connectivity index (χ0) is 25.7. The zero-order valence-electron chi connectivity index (χ0n) is 19.8. The summed E-state index contributed by atoms with van der Waals surface area (Å²) in [6.45, 7) is 2.67. The predicted octanol–water partition coefficient (Wildman–Crippen LogP) is 2.45. The molecule has 0 atom stereocenters. The van der Waals surface area contributed by atoms with Gasteiger partial charge in [-0.05, 0) is 42.5 Å². The fraction of sp³-hybridized carbons (Fsp3) is 0.417. The van der Waals surface area contributed by atoms with Crippen molar-refractivity contribution in [3.8, 4) is 0 Å². The van der Waals surface area contributed by atoms with E-state index in [0.717, 1.165) is 38.5 Å². The molecule has 10 nitrogen and oxygen atoms in total. The third-order valence-corrected chi connectivity index (χ3v) is 7.25. The summed E-state index contributed by atoms with van der Waals surface area (Å²) in [5.74, 6) is -0.920. The molecule has 4 rings (SSSR count). The van der Waals surface area contributed by atoms with Gasteiger partial charge in [0.05, 0.1) is 18.1 Å². The van der Waals surface area contributed by atoms with Gasteiger partial charge in [-0.15, -0.1) is 0 Å². The van der Waals surface area contributed by atoms with Crippen molar-refractivity contribution in [1.82, 2.24) is 19.7 Å².